The largest absolute Gasteiger partial charge is 0.370 e. The molecule has 3 heterocycles. The molecule has 1 saturated heterocycles. The Hall–Kier alpha value is -3.49. The fourth-order valence-corrected chi connectivity index (χ4v) is 3.00. The van der Waals surface area contributed by atoms with Gasteiger partial charge in [-0.25, -0.2) is 0 Å². The van der Waals surface area contributed by atoms with Crippen molar-refractivity contribution in [3.8, 4) is 0 Å². The van der Waals surface area contributed by atoms with Gasteiger partial charge in [0.1, 0.15) is 0 Å². The minimum Gasteiger partial charge on any atom is -0.370 e. The highest BCUT2D eigenvalue weighted by Crippen LogP contribution is 2.23. The van der Waals surface area contributed by atoms with E-state index >= 15 is 0 Å². The number of carbonyl (C=O) groups excluding carboxylic acids is 1. The molecule has 1 amide bonds. The van der Waals surface area contributed by atoms with Gasteiger partial charge in [-0.15, -0.1) is 10.2 Å². The summed E-state index contributed by atoms with van der Waals surface area (Å²) < 4.78 is 1.49. The Kier molecular flexibility index (Phi) is 4.65. The molecule has 0 aliphatic carbocycles. The molecule has 0 unspecified atom stereocenters. The molecule has 3 aromatic rings. The van der Waals surface area contributed by atoms with Crippen molar-refractivity contribution >= 4 is 28.8 Å². The molecule has 9 nitrogen and oxygen atoms in total. The van der Waals surface area contributed by atoms with Crippen LogP contribution < -0.4 is 15.5 Å². The molecule has 27 heavy (non-hydrogen) atoms. The normalized spacial score (nSPS) is 13.6. The molecule has 1 aliphatic rings. The van der Waals surface area contributed by atoms with Crippen LogP contribution in [0.5, 0.6) is 0 Å². The summed E-state index contributed by atoms with van der Waals surface area (Å²) in [6.45, 7) is 2.12. The zero-order valence-corrected chi connectivity index (χ0v) is 15.0. The van der Waals surface area contributed by atoms with E-state index < -0.39 is 0 Å². The molecule has 0 bridgehead atoms. The van der Waals surface area contributed by atoms with E-state index in [1.165, 1.54) is 17.5 Å². The van der Waals surface area contributed by atoms with E-state index in [9.17, 15) is 4.79 Å². The van der Waals surface area contributed by atoms with Gasteiger partial charge in [0.25, 0.3) is 5.91 Å². The Morgan fingerprint density at radius 1 is 1.07 bits per heavy atom. The van der Waals surface area contributed by atoms with Crippen molar-refractivity contribution in [3.63, 3.8) is 0 Å². The van der Waals surface area contributed by atoms with Crippen LogP contribution in [-0.4, -0.2) is 44.2 Å². The summed E-state index contributed by atoms with van der Waals surface area (Å²) >= 11 is 0. The van der Waals surface area contributed by atoms with E-state index in [-0.39, 0.29) is 11.6 Å². The first-order valence-corrected chi connectivity index (χ1v) is 8.80. The predicted octanol–water partition coefficient (Wildman–Crippen LogP) is 2.20. The van der Waals surface area contributed by atoms with E-state index in [2.05, 4.69) is 36.0 Å². The maximum atomic E-state index is 12.1. The van der Waals surface area contributed by atoms with Gasteiger partial charge in [0.15, 0.2) is 11.5 Å². The second kappa shape index (κ2) is 7.40. The number of aromatic nitrogens is 5. The summed E-state index contributed by atoms with van der Waals surface area (Å²) in [6, 6.07) is 9.37. The average molecular weight is 364 g/mol. The molecule has 4 rings (SSSR count). The fourth-order valence-electron chi connectivity index (χ4n) is 3.00. The second-order valence-corrected chi connectivity index (χ2v) is 6.43. The van der Waals surface area contributed by atoms with Crippen LogP contribution >= 0.6 is 0 Å². The number of carbonyl (C=O) groups is 1. The summed E-state index contributed by atoms with van der Waals surface area (Å²) in [5.41, 5.74) is 2.89. The van der Waals surface area contributed by atoms with Gasteiger partial charge in [0.05, 0.1) is 18.1 Å². The van der Waals surface area contributed by atoms with Crippen molar-refractivity contribution in [1.29, 1.82) is 0 Å². The van der Waals surface area contributed by atoms with Gasteiger partial charge in [-0.05, 0) is 37.1 Å². The summed E-state index contributed by atoms with van der Waals surface area (Å²) in [6.07, 6.45) is 5.79. The summed E-state index contributed by atoms with van der Waals surface area (Å²) in [5.74, 6) is 0.392. The van der Waals surface area contributed by atoms with E-state index in [1.807, 2.05) is 30.3 Å². The highest BCUT2D eigenvalue weighted by Gasteiger charge is 2.13. The molecular weight excluding hydrogens is 344 g/mol. The molecule has 1 aliphatic heterocycles. The molecule has 9 heteroatoms. The smallest absolute Gasteiger partial charge is 0.277 e. The summed E-state index contributed by atoms with van der Waals surface area (Å²) in [4.78, 5) is 14.4. The molecule has 2 aromatic heterocycles. The summed E-state index contributed by atoms with van der Waals surface area (Å²) in [7, 11) is 1.71. The highest BCUT2D eigenvalue weighted by atomic mass is 16.2. The van der Waals surface area contributed by atoms with Gasteiger partial charge in [-0.2, -0.15) is 5.10 Å². The van der Waals surface area contributed by atoms with Crippen molar-refractivity contribution in [2.45, 2.75) is 12.8 Å². The maximum absolute atomic E-state index is 12.1. The van der Waals surface area contributed by atoms with Crippen molar-refractivity contribution in [1.82, 2.24) is 25.2 Å². The third kappa shape index (κ3) is 4.02. The van der Waals surface area contributed by atoms with Gasteiger partial charge < -0.3 is 15.5 Å². The first-order valence-electron chi connectivity index (χ1n) is 8.80. The number of hydrogen-bond acceptors (Lipinski definition) is 7. The number of nitrogens with zero attached hydrogens (tertiary/aromatic N) is 6. The monoisotopic (exact) mass is 364 g/mol. The Morgan fingerprint density at radius 2 is 1.81 bits per heavy atom. The van der Waals surface area contributed by atoms with Crippen molar-refractivity contribution in [2.24, 2.45) is 7.05 Å². The Bertz CT molecular complexity index is 931. The SMILES string of the molecule is Cn1cc(C(=O)Nc2ccc(Nc3cc(N4CCCC4)cnn3)cc2)nn1. The predicted molar refractivity (Wildman–Crippen MR) is 102 cm³/mol. The molecule has 138 valence electrons. The first-order chi connectivity index (χ1) is 13.2. The van der Waals surface area contributed by atoms with Crippen LogP contribution in [0.2, 0.25) is 0 Å². The summed E-state index contributed by atoms with van der Waals surface area (Å²) in [5, 5.41) is 21.8. The molecule has 0 radical (unpaired) electrons. The van der Waals surface area contributed by atoms with Gasteiger partial charge in [0, 0.05) is 37.6 Å². The minimum absolute atomic E-state index is 0.272. The molecular formula is C18H20N8O. The van der Waals surface area contributed by atoms with E-state index in [0.717, 1.165) is 24.5 Å². The molecule has 1 fully saturated rings. The first kappa shape index (κ1) is 17.0. The van der Waals surface area contributed by atoms with E-state index in [0.29, 0.717) is 11.5 Å². The number of hydrogen-bond donors (Lipinski definition) is 2. The molecule has 0 saturated carbocycles. The fraction of sp³-hybridized carbons (Fsp3) is 0.278. The molecule has 1 aromatic carbocycles. The number of amides is 1. The van der Waals surface area contributed by atoms with Gasteiger partial charge in [0.2, 0.25) is 0 Å². The van der Waals surface area contributed by atoms with Gasteiger partial charge >= 0.3 is 0 Å². The Morgan fingerprint density at radius 3 is 2.52 bits per heavy atom. The molecule has 0 spiro atoms. The number of nitrogens with one attached hydrogen (secondary N) is 2. The Balaban J connectivity index is 1.40. The lowest BCUT2D eigenvalue weighted by Crippen LogP contribution is -2.18. The maximum Gasteiger partial charge on any atom is 0.277 e. The van der Waals surface area contributed by atoms with Crippen molar-refractivity contribution < 1.29 is 4.79 Å². The number of rotatable bonds is 5. The van der Waals surface area contributed by atoms with Crippen LogP contribution in [0.4, 0.5) is 22.9 Å². The lowest BCUT2D eigenvalue weighted by atomic mass is 10.2. The van der Waals surface area contributed by atoms with E-state index in [4.69, 9.17) is 0 Å². The van der Waals surface area contributed by atoms with Crippen molar-refractivity contribution in [3.05, 3.63) is 48.4 Å². The Labute approximate surface area is 156 Å². The number of anilines is 4. The average Bonchev–Trinajstić information content (AvgIpc) is 3.35. The van der Waals surface area contributed by atoms with E-state index in [1.54, 1.807) is 19.4 Å². The third-order valence-corrected chi connectivity index (χ3v) is 4.36. The highest BCUT2D eigenvalue weighted by molar-refractivity contribution is 6.02. The van der Waals surface area contributed by atoms with Crippen LogP contribution in [-0.2, 0) is 7.05 Å². The lowest BCUT2D eigenvalue weighted by molar-refractivity contribution is 0.102. The topological polar surface area (TPSA) is 101 Å². The number of benzene rings is 1. The quantitative estimate of drug-likeness (QED) is 0.716. The zero-order chi connectivity index (χ0) is 18.6. The minimum atomic E-state index is -0.298. The van der Waals surface area contributed by atoms with Crippen LogP contribution in [0.1, 0.15) is 23.3 Å². The van der Waals surface area contributed by atoms with Crippen molar-refractivity contribution in [2.75, 3.05) is 28.6 Å². The van der Waals surface area contributed by atoms with Gasteiger partial charge in [-0.3, -0.25) is 9.48 Å². The third-order valence-electron chi connectivity index (χ3n) is 4.36. The standard InChI is InChI=1S/C18H20N8O/c1-25-12-16(22-24-25)18(27)21-14-6-4-13(5-7-14)20-17-10-15(11-19-23-17)26-8-2-3-9-26/h4-7,10-12H,2-3,8-9H2,1H3,(H,20,23)(H,21,27). The van der Waals surface area contributed by atoms with Gasteiger partial charge in [-0.1, -0.05) is 5.21 Å². The van der Waals surface area contributed by atoms with Crippen LogP contribution in [0, 0.1) is 0 Å². The number of aryl methyl sites for hydroxylation is 1. The molecule has 0 atom stereocenters. The molecule has 2 N–H and O–H groups in total. The second-order valence-electron chi connectivity index (χ2n) is 6.43. The van der Waals surface area contributed by atoms with Crippen LogP contribution in [0.15, 0.2) is 42.7 Å². The lowest BCUT2D eigenvalue weighted by Gasteiger charge is -2.17. The zero-order valence-electron chi connectivity index (χ0n) is 15.0. The van der Waals surface area contributed by atoms with Crippen LogP contribution in [0.3, 0.4) is 0 Å². The van der Waals surface area contributed by atoms with Crippen LogP contribution in [0.25, 0.3) is 0 Å².